The van der Waals surface area contributed by atoms with Crippen LogP contribution in [0, 0.1) is 0 Å². The second-order valence-corrected chi connectivity index (χ2v) is 4.63. The smallest absolute Gasteiger partial charge is 0.410 e. The first-order valence-corrected chi connectivity index (χ1v) is 6.32. The van der Waals surface area contributed by atoms with Gasteiger partial charge in [-0.2, -0.15) is 0 Å². The SMILES string of the molecule is C=CCOC(=O)N1C[C@H](O)C[C@H]1Cc1cccnc1. The number of hydrogen-bond donors (Lipinski definition) is 1. The van der Waals surface area contributed by atoms with E-state index in [1.54, 1.807) is 17.3 Å². The van der Waals surface area contributed by atoms with Gasteiger partial charge in [-0.05, 0) is 24.5 Å². The molecule has 1 N–H and O–H groups in total. The lowest BCUT2D eigenvalue weighted by atomic mass is 10.1. The molecule has 5 nitrogen and oxygen atoms in total. The van der Waals surface area contributed by atoms with Crippen LogP contribution in [0.1, 0.15) is 12.0 Å². The van der Waals surface area contributed by atoms with E-state index in [9.17, 15) is 9.90 Å². The maximum absolute atomic E-state index is 11.9. The van der Waals surface area contributed by atoms with Crippen LogP contribution in [-0.4, -0.2) is 46.4 Å². The Morgan fingerprint density at radius 3 is 3.21 bits per heavy atom. The molecule has 2 rings (SSSR count). The quantitative estimate of drug-likeness (QED) is 0.833. The van der Waals surface area contributed by atoms with Crippen molar-refractivity contribution in [1.29, 1.82) is 0 Å². The van der Waals surface area contributed by atoms with Crippen LogP contribution in [0.2, 0.25) is 0 Å². The normalized spacial score (nSPS) is 22.3. The standard InChI is InChI=1S/C14H18N2O3/c1-2-6-19-14(18)16-10-13(17)8-12(16)7-11-4-3-5-15-9-11/h2-5,9,12-13,17H,1,6-8,10H2/t12-,13-/m1/s1. The molecule has 1 aliphatic rings. The minimum atomic E-state index is -0.488. The summed E-state index contributed by atoms with van der Waals surface area (Å²) in [5.41, 5.74) is 1.04. The van der Waals surface area contributed by atoms with E-state index in [1.165, 1.54) is 6.08 Å². The second-order valence-electron chi connectivity index (χ2n) is 4.63. The molecule has 0 aliphatic carbocycles. The highest BCUT2D eigenvalue weighted by Gasteiger charge is 2.35. The van der Waals surface area contributed by atoms with Gasteiger partial charge in [-0.1, -0.05) is 18.7 Å². The van der Waals surface area contributed by atoms with E-state index in [0.717, 1.165) is 5.56 Å². The van der Waals surface area contributed by atoms with E-state index in [1.807, 2.05) is 12.1 Å². The molecule has 102 valence electrons. The highest BCUT2D eigenvalue weighted by Crippen LogP contribution is 2.22. The maximum atomic E-state index is 11.9. The van der Waals surface area contributed by atoms with Crippen LogP contribution < -0.4 is 0 Å². The fraction of sp³-hybridized carbons (Fsp3) is 0.429. The number of hydrogen-bond acceptors (Lipinski definition) is 4. The van der Waals surface area contributed by atoms with Crippen molar-refractivity contribution in [2.45, 2.75) is 25.0 Å². The minimum Gasteiger partial charge on any atom is -0.445 e. The summed E-state index contributed by atoms with van der Waals surface area (Å²) in [4.78, 5) is 17.5. The summed E-state index contributed by atoms with van der Waals surface area (Å²) >= 11 is 0. The number of aromatic nitrogens is 1. The Kier molecular flexibility index (Phi) is 4.52. The van der Waals surface area contributed by atoms with Crippen LogP contribution in [0.4, 0.5) is 4.79 Å². The van der Waals surface area contributed by atoms with Gasteiger partial charge in [0.2, 0.25) is 0 Å². The molecule has 5 heteroatoms. The summed E-state index contributed by atoms with van der Waals surface area (Å²) in [7, 11) is 0. The molecule has 0 unspecified atom stereocenters. The lowest BCUT2D eigenvalue weighted by molar-refractivity contribution is 0.102. The summed E-state index contributed by atoms with van der Waals surface area (Å²) < 4.78 is 5.03. The van der Waals surface area contributed by atoms with E-state index in [2.05, 4.69) is 11.6 Å². The molecule has 1 fully saturated rings. The van der Waals surface area contributed by atoms with Gasteiger partial charge >= 0.3 is 6.09 Å². The highest BCUT2D eigenvalue weighted by atomic mass is 16.6. The molecular weight excluding hydrogens is 244 g/mol. The first-order chi connectivity index (χ1) is 9.20. The molecule has 0 spiro atoms. The van der Waals surface area contributed by atoms with E-state index in [-0.39, 0.29) is 12.6 Å². The predicted octanol–water partition coefficient (Wildman–Crippen LogP) is 1.38. The van der Waals surface area contributed by atoms with Crippen LogP contribution in [0.3, 0.4) is 0 Å². The lowest BCUT2D eigenvalue weighted by Gasteiger charge is -2.23. The topological polar surface area (TPSA) is 62.7 Å². The number of carbonyl (C=O) groups is 1. The fourth-order valence-corrected chi connectivity index (χ4v) is 2.31. The number of aliphatic hydroxyl groups excluding tert-OH is 1. The van der Waals surface area contributed by atoms with Crippen molar-refractivity contribution in [2.24, 2.45) is 0 Å². The third-order valence-electron chi connectivity index (χ3n) is 3.15. The predicted molar refractivity (Wildman–Crippen MR) is 70.6 cm³/mol. The summed E-state index contributed by atoms with van der Waals surface area (Å²) in [6, 6.07) is 3.78. The number of nitrogens with zero attached hydrogens (tertiary/aromatic N) is 2. The van der Waals surface area contributed by atoms with Crippen LogP contribution in [0.15, 0.2) is 37.2 Å². The molecule has 0 radical (unpaired) electrons. The van der Waals surface area contributed by atoms with Crippen molar-refractivity contribution in [1.82, 2.24) is 9.88 Å². The zero-order valence-electron chi connectivity index (χ0n) is 10.7. The number of aliphatic hydroxyl groups is 1. The number of carbonyl (C=O) groups excluding carboxylic acids is 1. The van der Waals surface area contributed by atoms with Crippen LogP contribution in [0.25, 0.3) is 0 Å². The third kappa shape index (κ3) is 3.54. The third-order valence-corrected chi connectivity index (χ3v) is 3.15. The lowest BCUT2D eigenvalue weighted by Crippen LogP contribution is -2.37. The minimum absolute atomic E-state index is 0.0449. The van der Waals surface area contributed by atoms with Crippen molar-refractivity contribution in [3.63, 3.8) is 0 Å². The monoisotopic (exact) mass is 262 g/mol. The Morgan fingerprint density at radius 1 is 1.68 bits per heavy atom. The molecule has 0 saturated carbocycles. The Morgan fingerprint density at radius 2 is 2.53 bits per heavy atom. The number of rotatable bonds is 4. The van der Waals surface area contributed by atoms with Gasteiger partial charge in [-0.3, -0.25) is 4.98 Å². The Balaban J connectivity index is 2.01. The molecular formula is C14H18N2O3. The summed E-state index contributed by atoms with van der Waals surface area (Å²) in [5, 5.41) is 9.74. The number of likely N-dealkylation sites (tertiary alicyclic amines) is 1. The van der Waals surface area contributed by atoms with Crippen molar-refractivity contribution in [3.05, 3.63) is 42.7 Å². The zero-order valence-corrected chi connectivity index (χ0v) is 10.7. The summed E-state index contributed by atoms with van der Waals surface area (Å²) in [6.07, 6.45) is 5.37. The van der Waals surface area contributed by atoms with Crippen LogP contribution >= 0.6 is 0 Å². The van der Waals surface area contributed by atoms with Gasteiger partial charge in [0, 0.05) is 18.4 Å². The van der Waals surface area contributed by atoms with Gasteiger partial charge in [-0.15, -0.1) is 0 Å². The number of β-amino-alcohol motifs (C(OH)–C–C–N with tert-alkyl or cyclic N) is 1. The molecule has 2 heterocycles. The van der Waals surface area contributed by atoms with E-state index in [4.69, 9.17) is 4.74 Å². The van der Waals surface area contributed by atoms with E-state index < -0.39 is 12.2 Å². The van der Waals surface area contributed by atoms with E-state index in [0.29, 0.717) is 19.4 Å². The van der Waals surface area contributed by atoms with Crippen molar-refractivity contribution >= 4 is 6.09 Å². The molecule has 1 saturated heterocycles. The second kappa shape index (κ2) is 6.33. The van der Waals surface area contributed by atoms with Crippen molar-refractivity contribution in [2.75, 3.05) is 13.2 Å². The molecule has 1 aromatic rings. The van der Waals surface area contributed by atoms with Crippen LogP contribution in [0.5, 0.6) is 0 Å². The molecule has 1 aromatic heterocycles. The van der Waals surface area contributed by atoms with Crippen LogP contribution in [-0.2, 0) is 11.2 Å². The Bertz CT molecular complexity index is 436. The van der Waals surface area contributed by atoms with Crippen molar-refractivity contribution in [3.8, 4) is 0 Å². The maximum Gasteiger partial charge on any atom is 0.410 e. The van der Waals surface area contributed by atoms with Gasteiger partial charge in [-0.25, -0.2) is 4.79 Å². The first-order valence-electron chi connectivity index (χ1n) is 6.32. The van der Waals surface area contributed by atoms with Gasteiger partial charge in [0.1, 0.15) is 6.61 Å². The largest absolute Gasteiger partial charge is 0.445 e. The summed E-state index contributed by atoms with van der Waals surface area (Å²) in [6.45, 7) is 4.01. The Hall–Kier alpha value is -1.88. The molecule has 1 aliphatic heterocycles. The number of pyridine rings is 1. The molecule has 1 amide bonds. The van der Waals surface area contributed by atoms with Crippen molar-refractivity contribution < 1.29 is 14.6 Å². The molecule has 19 heavy (non-hydrogen) atoms. The first kappa shape index (κ1) is 13.5. The zero-order chi connectivity index (χ0) is 13.7. The molecule has 0 bridgehead atoms. The average molecular weight is 262 g/mol. The molecule has 2 atom stereocenters. The fourth-order valence-electron chi connectivity index (χ4n) is 2.31. The van der Waals surface area contributed by atoms with Gasteiger partial charge in [0.05, 0.1) is 12.6 Å². The van der Waals surface area contributed by atoms with Gasteiger partial charge < -0.3 is 14.7 Å². The number of amides is 1. The summed E-state index contributed by atoms with van der Waals surface area (Å²) in [5.74, 6) is 0. The van der Waals surface area contributed by atoms with Gasteiger partial charge in [0.15, 0.2) is 0 Å². The van der Waals surface area contributed by atoms with E-state index >= 15 is 0 Å². The molecule has 0 aromatic carbocycles. The van der Waals surface area contributed by atoms with Gasteiger partial charge in [0.25, 0.3) is 0 Å². The average Bonchev–Trinajstić information content (AvgIpc) is 2.78. The number of ether oxygens (including phenoxy) is 1. The Labute approximate surface area is 112 Å². The highest BCUT2D eigenvalue weighted by molar-refractivity contribution is 5.68.